The molecule has 1 saturated heterocycles. The van der Waals surface area contributed by atoms with Gasteiger partial charge in [-0.25, -0.2) is 9.37 Å². The minimum atomic E-state index is -1.92. The summed E-state index contributed by atoms with van der Waals surface area (Å²) < 4.78 is 47.9. The highest BCUT2D eigenvalue weighted by molar-refractivity contribution is 5.80. The van der Waals surface area contributed by atoms with Crippen molar-refractivity contribution in [1.29, 1.82) is 0 Å². The van der Waals surface area contributed by atoms with Gasteiger partial charge in [-0.05, 0) is 38.4 Å². The van der Waals surface area contributed by atoms with Gasteiger partial charge in [0.05, 0.1) is 24.0 Å². The Morgan fingerprint density at radius 1 is 1.29 bits per heavy atom. The van der Waals surface area contributed by atoms with Crippen LogP contribution in [-0.4, -0.2) is 62.7 Å². The molecule has 9 nitrogen and oxygen atoms in total. The number of likely N-dealkylation sites (tertiary alicyclic amines) is 1. The average molecular weight is 475 g/mol. The van der Waals surface area contributed by atoms with Gasteiger partial charge in [0.25, 0.3) is 6.08 Å². The van der Waals surface area contributed by atoms with Crippen LogP contribution in [0.4, 0.5) is 18.9 Å². The number of pyridine rings is 1. The number of hydrogen-bond acceptors (Lipinski definition) is 7. The van der Waals surface area contributed by atoms with Gasteiger partial charge >= 0.3 is 0 Å². The van der Waals surface area contributed by atoms with Gasteiger partial charge in [-0.15, -0.1) is 0 Å². The molecule has 2 fully saturated rings. The van der Waals surface area contributed by atoms with E-state index in [9.17, 15) is 18.0 Å². The van der Waals surface area contributed by atoms with Crippen LogP contribution >= 0.6 is 0 Å². The number of piperidine rings is 1. The van der Waals surface area contributed by atoms with Crippen LogP contribution in [-0.2, 0) is 11.3 Å². The molecule has 180 valence electrons. The number of fused-ring (bicyclic) bond motifs is 1. The number of carbonyl (C=O) groups excluding carboxylic acids is 1. The number of nitrogens with zero attached hydrogens (tertiary/aromatic N) is 5. The number of rotatable bonds is 7. The van der Waals surface area contributed by atoms with Crippen LogP contribution in [0.1, 0.15) is 30.8 Å². The summed E-state index contributed by atoms with van der Waals surface area (Å²) in [5.74, 6) is 0.109. The monoisotopic (exact) mass is 475 g/mol. The number of anilines is 1. The molecule has 0 unspecified atom stereocenters. The lowest BCUT2D eigenvalue weighted by Gasteiger charge is -2.33. The Balaban J connectivity index is 1.46. The number of aromatic nitrogens is 4. The van der Waals surface area contributed by atoms with Crippen molar-refractivity contribution in [3.05, 3.63) is 36.0 Å². The number of nitrogens with one attached hydrogen (secondary N) is 2. The SMILES string of the molecule is CN1CC[C@@H](Nc2cccn3c(C=C(F)F)c(-c4noc(CNC(=O)C5CC5)n4)nc23)[C@@H](F)C1. The van der Waals surface area contributed by atoms with E-state index in [4.69, 9.17) is 4.52 Å². The highest BCUT2D eigenvalue weighted by Crippen LogP contribution is 2.30. The Labute approximate surface area is 193 Å². The maximum absolute atomic E-state index is 14.6. The molecule has 1 saturated carbocycles. The predicted molar refractivity (Wildman–Crippen MR) is 118 cm³/mol. The number of imidazole rings is 1. The fraction of sp³-hybridized carbons (Fsp3) is 0.455. The van der Waals surface area contributed by atoms with Crippen molar-refractivity contribution in [2.75, 3.05) is 25.5 Å². The Bertz CT molecular complexity index is 1230. The number of carbonyl (C=O) groups is 1. The summed E-state index contributed by atoms with van der Waals surface area (Å²) >= 11 is 0. The van der Waals surface area contributed by atoms with E-state index < -0.39 is 18.3 Å². The van der Waals surface area contributed by atoms with Gasteiger partial charge in [0.1, 0.15) is 11.9 Å². The Morgan fingerprint density at radius 2 is 2.12 bits per heavy atom. The van der Waals surface area contributed by atoms with Gasteiger partial charge in [-0.2, -0.15) is 13.8 Å². The third kappa shape index (κ3) is 4.63. The number of amides is 1. The Hall–Kier alpha value is -3.41. The molecule has 0 bridgehead atoms. The van der Waals surface area contributed by atoms with Gasteiger partial charge < -0.3 is 20.1 Å². The van der Waals surface area contributed by atoms with Crippen LogP contribution in [0.25, 0.3) is 23.2 Å². The molecule has 1 amide bonds. The highest BCUT2D eigenvalue weighted by Gasteiger charge is 2.30. The topological polar surface area (TPSA) is 101 Å². The van der Waals surface area contributed by atoms with E-state index in [0.29, 0.717) is 30.4 Å². The van der Waals surface area contributed by atoms with Crippen molar-refractivity contribution in [3.63, 3.8) is 0 Å². The molecule has 1 aliphatic heterocycles. The normalized spacial score (nSPS) is 20.9. The second kappa shape index (κ2) is 9.09. The second-order valence-electron chi connectivity index (χ2n) is 8.72. The van der Waals surface area contributed by atoms with E-state index in [0.717, 1.165) is 19.4 Å². The molecule has 2 aliphatic rings. The lowest BCUT2D eigenvalue weighted by molar-refractivity contribution is -0.122. The lowest BCUT2D eigenvalue weighted by atomic mass is 10.0. The number of alkyl halides is 1. The molecule has 4 heterocycles. The summed E-state index contributed by atoms with van der Waals surface area (Å²) in [6, 6.07) is 2.98. The van der Waals surface area contributed by atoms with Crippen molar-refractivity contribution >= 4 is 23.3 Å². The predicted octanol–water partition coefficient (Wildman–Crippen LogP) is 3.10. The molecule has 5 rings (SSSR count). The maximum atomic E-state index is 14.6. The first-order chi connectivity index (χ1) is 16.4. The molecule has 12 heteroatoms. The Morgan fingerprint density at radius 3 is 2.85 bits per heavy atom. The van der Waals surface area contributed by atoms with Crippen molar-refractivity contribution < 1.29 is 22.5 Å². The van der Waals surface area contributed by atoms with E-state index in [1.807, 2.05) is 11.9 Å². The van der Waals surface area contributed by atoms with Crippen LogP contribution < -0.4 is 10.6 Å². The summed E-state index contributed by atoms with van der Waals surface area (Å²) in [4.78, 5) is 22.5. The standard InChI is InChI=1S/C22H24F3N7O2/c1-31-8-6-14(13(23)11-31)27-15-3-2-7-32-16(9-17(24)25)19(29-21(15)32)20-28-18(34-30-20)10-26-22(33)12-4-5-12/h2-3,7,9,12-14,27H,4-6,8,10-11H2,1H3,(H,26,33)/t13-,14+/m0/s1. The molecular formula is C22H24F3N7O2. The van der Waals surface area contributed by atoms with Crippen molar-refractivity contribution in [2.45, 2.75) is 38.0 Å². The largest absolute Gasteiger partial charge is 0.376 e. The van der Waals surface area contributed by atoms with Crippen LogP contribution in [0.15, 0.2) is 28.9 Å². The zero-order valence-corrected chi connectivity index (χ0v) is 18.5. The zero-order valence-electron chi connectivity index (χ0n) is 18.5. The first-order valence-corrected chi connectivity index (χ1v) is 11.1. The summed E-state index contributed by atoms with van der Waals surface area (Å²) in [5, 5.41) is 9.79. The highest BCUT2D eigenvalue weighted by atomic mass is 19.3. The summed E-state index contributed by atoms with van der Waals surface area (Å²) in [6.45, 7) is 1.09. The van der Waals surface area contributed by atoms with Crippen LogP contribution in [0.5, 0.6) is 0 Å². The van der Waals surface area contributed by atoms with Crippen LogP contribution in [0.3, 0.4) is 0 Å². The third-order valence-electron chi connectivity index (χ3n) is 6.06. The van der Waals surface area contributed by atoms with Gasteiger partial charge in [0.15, 0.2) is 5.65 Å². The first-order valence-electron chi connectivity index (χ1n) is 11.1. The molecular weight excluding hydrogens is 451 g/mol. The van der Waals surface area contributed by atoms with E-state index in [1.165, 1.54) is 4.40 Å². The number of hydrogen-bond donors (Lipinski definition) is 2. The molecule has 3 aromatic heterocycles. The lowest BCUT2D eigenvalue weighted by Crippen LogP contribution is -2.46. The molecule has 2 N–H and O–H groups in total. The van der Waals surface area contributed by atoms with Crippen LogP contribution in [0, 0.1) is 5.92 Å². The fourth-order valence-corrected chi connectivity index (χ4v) is 4.10. The molecule has 34 heavy (non-hydrogen) atoms. The fourth-order valence-electron chi connectivity index (χ4n) is 4.10. The van der Waals surface area contributed by atoms with Crippen molar-refractivity contribution in [2.24, 2.45) is 5.92 Å². The zero-order chi connectivity index (χ0) is 23.8. The average Bonchev–Trinajstić information content (AvgIpc) is 3.44. The van der Waals surface area contributed by atoms with Crippen molar-refractivity contribution in [3.8, 4) is 11.5 Å². The van der Waals surface area contributed by atoms with Crippen LogP contribution in [0.2, 0.25) is 0 Å². The molecule has 0 aromatic carbocycles. The smallest absolute Gasteiger partial charge is 0.272 e. The molecule has 3 aromatic rings. The first kappa shape index (κ1) is 22.4. The molecule has 1 aliphatic carbocycles. The van der Waals surface area contributed by atoms with Gasteiger partial charge in [-0.1, -0.05) is 5.16 Å². The molecule has 2 atom stereocenters. The Kier molecular flexibility index (Phi) is 5.98. The number of halogens is 3. The van der Waals surface area contributed by atoms with Gasteiger partial charge in [-0.3, -0.25) is 9.20 Å². The summed E-state index contributed by atoms with van der Waals surface area (Å²) in [6.07, 6.45) is 1.59. The maximum Gasteiger partial charge on any atom is 0.272 e. The third-order valence-corrected chi connectivity index (χ3v) is 6.06. The summed E-state index contributed by atoms with van der Waals surface area (Å²) in [7, 11) is 1.87. The van der Waals surface area contributed by atoms with E-state index in [1.54, 1.807) is 18.3 Å². The molecule has 0 spiro atoms. The molecule has 0 radical (unpaired) electrons. The quantitative estimate of drug-likeness (QED) is 0.542. The summed E-state index contributed by atoms with van der Waals surface area (Å²) in [5.41, 5.74) is 1.00. The van der Waals surface area contributed by atoms with E-state index in [-0.39, 0.29) is 41.5 Å². The van der Waals surface area contributed by atoms with Crippen molar-refractivity contribution in [1.82, 2.24) is 29.7 Å². The van der Waals surface area contributed by atoms with E-state index in [2.05, 4.69) is 25.8 Å². The van der Waals surface area contributed by atoms with Gasteiger partial charge in [0, 0.05) is 31.3 Å². The minimum absolute atomic E-state index is 0.0143. The van der Waals surface area contributed by atoms with Gasteiger partial charge in [0.2, 0.25) is 17.6 Å². The second-order valence-corrected chi connectivity index (χ2v) is 8.72. The van der Waals surface area contributed by atoms with E-state index >= 15 is 0 Å². The minimum Gasteiger partial charge on any atom is -0.376 e.